The van der Waals surface area contributed by atoms with E-state index in [-0.39, 0.29) is 22.9 Å². The predicted molar refractivity (Wildman–Crippen MR) is 42.2 cm³/mol. The molecule has 2 nitrogen and oxygen atoms in total. The number of halogens is 1. The zero-order chi connectivity index (χ0) is 6.48. The fourth-order valence-corrected chi connectivity index (χ4v) is 3.20. The fraction of sp³-hybridized carbons (Fsp3) is 1.00. The van der Waals surface area contributed by atoms with E-state index in [1.807, 2.05) is 0 Å². The van der Waals surface area contributed by atoms with Crippen molar-refractivity contribution in [2.24, 2.45) is 0 Å². The predicted octanol–water partition coefficient (Wildman–Crippen LogP) is 1.15. The quantitative estimate of drug-likeness (QED) is 0.642. The van der Waals surface area contributed by atoms with Crippen LogP contribution in [0.2, 0.25) is 0 Å². The number of rotatable bonds is 2. The van der Waals surface area contributed by atoms with Gasteiger partial charge in [0.1, 0.15) is 0 Å². The molecule has 0 amide bonds. The molecule has 0 aromatic rings. The van der Waals surface area contributed by atoms with Crippen LogP contribution < -0.4 is 0 Å². The van der Waals surface area contributed by atoms with Gasteiger partial charge >= 0.3 is 0 Å². The molecule has 0 unspecified atom stereocenters. The van der Waals surface area contributed by atoms with Crippen LogP contribution in [0.25, 0.3) is 0 Å². The van der Waals surface area contributed by atoms with E-state index in [9.17, 15) is 8.42 Å². The van der Waals surface area contributed by atoms with E-state index < -0.39 is 9.84 Å². The molecule has 60 valence electrons. The van der Waals surface area contributed by atoms with Crippen molar-refractivity contribution in [2.45, 2.75) is 36.2 Å². The zero-order valence-corrected chi connectivity index (χ0v) is 7.25. The van der Waals surface area contributed by atoms with Gasteiger partial charge in [0, 0.05) is 0 Å². The molecule has 0 spiro atoms. The lowest BCUT2D eigenvalue weighted by atomic mass is 10.9. The van der Waals surface area contributed by atoms with Crippen LogP contribution in [0, 0.1) is 0 Å². The Balaban J connectivity index is 0.000000500. The second-order valence-electron chi connectivity index (χ2n) is 2.99. The Labute approximate surface area is 67.3 Å². The highest BCUT2D eigenvalue weighted by atomic mass is 35.5. The molecule has 0 saturated heterocycles. The maximum Gasteiger partial charge on any atom is 0.156 e. The van der Waals surface area contributed by atoms with E-state index in [0.717, 1.165) is 25.7 Å². The Morgan fingerprint density at radius 3 is 1.40 bits per heavy atom. The Kier molecular flexibility index (Phi) is 1.98. The molecule has 0 atom stereocenters. The minimum absolute atomic E-state index is 0. The van der Waals surface area contributed by atoms with Gasteiger partial charge in [0.05, 0.1) is 10.5 Å². The number of hydrogen-bond acceptors (Lipinski definition) is 2. The lowest BCUT2D eigenvalue weighted by Crippen LogP contribution is -2.11. The SMILES string of the molecule is Cl.O=S(=O)(C1CC1)C1CC1. The summed E-state index contributed by atoms with van der Waals surface area (Å²) < 4.78 is 22.3. The number of hydrogen-bond donors (Lipinski definition) is 0. The molecule has 0 aromatic carbocycles. The second-order valence-corrected chi connectivity index (χ2v) is 5.50. The van der Waals surface area contributed by atoms with Crippen LogP contribution in [0.15, 0.2) is 0 Å². The van der Waals surface area contributed by atoms with Crippen LogP contribution in [0.5, 0.6) is 0 Å². The van der Waals surface area contributed by atoms with Crippen molar-refractivity contribution in [3.63, 3.8) is 0 Å². The van der Waals surface area contributed by atoms with Gasteiger partial charge in [-0.3, -0.25) is 0 Å². The second kappa shape index (κ2) is 2.38. The third-order valence-corrected chi connectivity index (χ3v) is 4.78. The average Bonchev–Trinajstić information content (AvgIpc) is 2.62. The lowest BCUT2D eigenvalue weighted by Gasteiger charge is -1.94. The number of sulfone groups is 1. The fourth-order valence-electron chi connectivity index (χ4n) is 1.07. The maximum atomic E-state index is 11.2. The van der Waals surface area contributed by atoms with Gasteiger partial charge in [0.2, 0.25) is 0 Å². The third-order valence-electron chi connectivity index (χ3n) is 1.98. The standard InChI is InChI=1S/C6H10O2S.ClH/c7-9(8,5-1-2-5)6-3-4-6;/h5-6H,1-4H2;1H. The molecule has 2 aliphatic carbocycles. The van der Waals surface area contributed by atoms with Crippen LogP contribution in [0.4, 0.5) is 0 Å². The first-order valence-corrected chi connectivity index (χ1v) is 5.05. The summed E-state index contributed by atoms with van der Waals surface area (Å²) in [6, 6.07) is 0. The van der Waals surface area contributed by atoms with E-state index in [0.29, 0.717) is 0 Å². The van der Waals surface area contributed by atoms with Crippen LogP contribution in [-0.4, -0.2) is 18.9 Å². The van der Waals surface area contributed by atoms with E-state index >= 15 is 0 Å². The first-order valence-electron chi connectivity index (χ1n) is 3.44. The van der Waals surface area contributed by atoms with E-state index in [2.05, 4.69) is 0 Å². The van der Waals surface area contributed by atoms with Crippen molar-refractivity contribution in [3.05, 3.63) is 0 Å². The van der Waals surface area contributed by atoms with E-state index in [1.165, 1.54) is 0 Å². The Morgan fingerprint density at radius 2 is 1.20 bits per heavy atom. The van der Waals surface area contributed by atoms with Crippen LogP contribution in [0.1, 0.15) is 25.7 Å². The van der Waals surface area contributed by atoms with Crippen molar-refractivity contribution in [1.82, 2.24) is 0 Å². The summed E-state index contributed by atoms with van der Waals surface area (Å²) in [7, 11) is -2.59. The van der Waals surface area contributed by atoms with Gasteiger partial charge in [-0.2, -0.15) is 0 Å². The van der Waals surface area contributed by atoms with Crippen LogP contribution in [-0.2, 0) is 9.84 Å². The zero-order valence-electron chi connectivity index (χ0n) is 5.62. The van der Waals surface area contributed by atoms with Crippen molar-refractivity contribution >= 4 is 22.2 Å². The summed E-state index contributed by atoms with van der Waals surface area (Å²) in [5.41, 5.74) is 0. The van der Waals surface area contributed by atoms with Gasteiger partial charge in [0.15, 0.2) is 9.84 Å². The first kappa shape index (κ1) is 8.34. The minimum atomic E-state index is -2.59. The van der Waals surface area contributed by atoms with Crippen molar-refractivity contribution in [3.8, 4) is 0 Å². The van der Waals surface area contributed by atoms with Crippen LogP contribution >= 0.6 is 12.4 Å². The highest BCUT2D eigenvalue weighted by Crippen LogP contribution is 2.39. The van der Waals surface area contributed by atoms with Crippen molar-refractivity contribution in [1.29, 1.82) is 0 Å². The largest absolute Gasteiger partial charge is 0.228 e. The van der Waals surface area contributed by atoms with Gasteiger partial charge in [-0.15, -0.1) is 12.4 Å². The Bertz CT molecular complexity index is 196. The van der Waals surface area contributed by atoms with Crippen molar-refractivity contribution < 1.29 is 8.42 Å². The van der Waals surface area contributed by atoms with Gasteiger partial charge < -0.3 is 0 Å². The molecule has 0 aliphatic heterocycles. The molecule has 0 radical (unpaired) electrons. The lowest BCUT2D eigenvalue weighted by molar-refractivity contribution is 0.593. The molecule has 0 N–H and O–H groups in total. The molecule has 4 heteroatoms. The van der Waals surface area contributed by atoms with Gasteiger partial charge in [-0.25, -0.2) is 8.42 Å². The third kappa shape index (κ3) is 1.30. The molecule has 0 bridgehead atoms. The molecular weight excluding hydrogens is 172 g/mol. The first-order chi connectivity index (χ1) is 4.21. The molecular formula is C6H11ClO2S. The average molecular weight is 183 g/mol. The Morgan fingerprint density at radius 1 is 0.900 bits per heavy atom. The summed E-state index contributed by atoms with van der Waals surface area (Å²) >= 11 is 0. The molecule has 2 saturated carbocycles. The van der Waals surface area contributed by atoms with Crippen molar-refractivity contribution in [2.75, 3.05) is 0 Å². The summed E-state index contributed by atoms with van der Waals surface area (Å²) in [6.45, 7) is 0. The molecule has 2 fully saturated rings. The minimum Gasteiger partial charge on any atom is -0.228 e. The maximum absolute atomic E-state index is 11.2. The van der Waals surface area contributed by atoms with Crippen LogP contribution in [0.3, 0.4) is 0 Å². The topological polar surface area (TPSA) is 34.1 Å². The highest BCUT2D eigenvalue weighted by molar-refractivity contribution is 7.93. The van der Waals surface area contributed by atoms with E-state index in [4.69, 9.17) is 0 Å². The molecule has 2 aliphatic rings. The smallest absolute Gasteiger partial charge is 0.156 e. The Hall–Kier alpha value is 0.240. The van der Waals surface area contributed by atoms with Gasteiger partial charge in [-0.05, 0) is 25.7 Å². The normalized spacial score (nSPS) is 25.6. The molecule has 0 aromatic heterocycles. The monoisotopic (exact) mass is 182 g/mol. The summed E-state index contributed by atoms with van der Waals surface area (Å²) in [5, 5.41) is 0.148. The summed E-state index contributed by atoms with van der Waals surface area (Å²) in [5.74, 6) is 0. The molecule has 0 heterocycles. The van der Waals surface area contributed by atoms with Gasteiger partial charge in [0.25, 0.3) is 0 Å². The highest BCUT2D eigenvalue weighted by Gasteiger charge is 2.45. The summed E-state index contributed by atoms with van der Waals surface area (Å²) in [4.78, 5) is 0. The van der Waals surface area contributed by atoms with Gasteiger partial charge in [-0.1, -0.05) is 0 Å². The molecule has 10 heavy (non-hydrogen) atoms. The van der Waals surface area contributed by atoms with E-state index in [1.54, 1.807) is 0 Å². The summed E-state index contributed by atoms with van der Waals surface area (Å²) in [6.07, 6.45) is 3.72. The molecule has 2 rings (SSSR count).